The smallest absolute Gasteiger partial charge is 0.417 e. The van der Waals surface area contributed by atoms with Crippen LogP contribution in [0, 0.1) is 0 Å². The van der Waals surface area contributed by atoms with Crippen LogP contribution in [0.5, 0.6) is 5.75 Å². The van der Waals surface area contributed by atoms with Crippen molar-refractivity contribution in [2.45, 2.75) is 12.8 Å². The first-order valence-electron chi connectivity index (χ1n) is 8.63. The number of amides is 2. The second kappa shape index (κ2) is 9.32. The van der Waals surface area contributed by atoms with E-state index in [0.29, 0.717) is 12.3 Å². The molecule has 0 unspecified atom stereocenters. The molecule has 1 aromatic carbocycles. The Labute approximate surface area is 185 Å². The van der Waals surface area contributed by atoms with Gasteiger partial charge in [0.25, 0.3) is 11.8 Å². The summed E-state index contributed by atoms with van der Waals surface area (Å²) in [6.45, 7) is -3.31. The summed E-state index contributed by atoms with van der Waals surface area (Å²) < 4.78 is 69.1. The molecule has 2 N–H and O–H groups in total. The van der Waals surface area contributed by atoms with Crippen molar-refractivity contribution < 1.29 is 36.3 Å². The standard InChI is InChI=1S/C17H11ClF5N7O3/c1-30-16(27-28-29-30)26-13(31)8-3-5-10(33-15(19)20)12(11(8)18)25-14(32)9-4-2-7(6-24-9)17(21,22)23/h2-6,15H,1H3,(H,25,32)(H,26,27,29,31). The zero-order chi connectivity index (χ0) is 24.3. The molecule has 0 aliphatic heterocycles. The quantitative estimate of drug-likeness (QED) is 0.506. The van der Waals surface area contributed by atoms with Gasteiger partial charge in [0, 0.05) is 13.2 Å². The first-order chi connectivity index (χ1) is 15.5. The van der Waals surface area contributed by atoms with E-state index in [2.05, 4.69) is 35.9 Å². The third kappa shape index (κ3) is 5.49. The van der Waals surface area contributed by atoms with Crippen molar-refractivity contribution in [1.29, 1.82) is 0 Å². The summed E-state index contributed by atoms with van der Waals surface area (Å²) in [4.78, 5) is 28.4. The zero-order valence-electron chi connectivity index (χ0n) is 16.2. The molecule has 0 aliphatic carbocycles. The number of pyridine rings is 1. The van der Waals surface area contributed by atoms with Crippen molar-refractivity contribution >= 4 is 35.1 Å². The number of benzene rings is 1. The Morgan fingerprint density at radius 2 is 1.85 bits per heavy atom. The molecule has 0 fully saturated rings. The zero-order valence-corrected chi connectivity index (χ0v) is 16.9. The number of aryl methyl sites for hydroxylation is 1. The second-order valence-electron chi connectivity index (χ2n) is 6.14. The van der Waals surface area contributed by atoms with Crippen LogP contribution in [0.25, 0.3) is 0 Å². The molecular formula is C17H11ClF5N7O3. The molecular weight excluding hydrogens is 481 g/mol. The number of rotatable bonds is 6. The fraction of sp³-hybridized carbons (Fsp3) is 0.176. The summed E-state index contributed by atoms with van der Waals surface area (Å²) in [5, 5.41) is 14.3. The van der Waals surface area contributed by atoms with Gasteiger partial charge in [0.1, 0.15) is 11.4 Å². The van der Waals surface area contributed by atoms with Gasteiger partial charge in [-0.25, -0.2) is 4.68 Å². The van der Waals surface area contributed by atoms with Gasteiger partial charge in [0.05, 0.1) is 16.1 Å². The Bertz CT molecular complexity index is 1180. The normalized spacial score (nSPS) is 11.4. The van der Waals surface area contributed by atoms with E-state index in [1.54, 1.807) is 0 Å². The van der Waals surface area contributed by atoms with Crippen LogP contribution < -0.4 is 15.4 Å². The number of alkyl halides is 5. The highest BCUT2D eigenvalue weighted by molar-refractivity contribution is 6.38. The molecule has 0 saturated carbocycles. The van der Waals surface area contributed by atoms with E-state index in [9.17, 15) is 31.5 Å². The maximum Gasteiger partial charge on any atom is 0.417 e. The number of hydrogen-bond acceptors (Lipinski definition) is 7. The van der Waals surface area contributed by atoms with E-state index in [1.165, 1.54) is 7.05 Å². The van der Waals surface area contributed by atoms with Gasteiger partial charge in [0.2, 0.25) is 5.95 Å². The summed E-state index contributed by atoms with van der Waals surface area (Å²) in [7, 11) is 1.43. The molecule has 3 rings (SSSR count). The first kappa shape index (κ1) is 23.8. The molecule has 3 aromatic rings. The topological polar surface area (TPSA) is 124 Å². The van der Waals surface area contributed by atoms with Crippen LogP contribution in [0.2, 0.25) is 5.02 Å². The van der Waals surface area contributed by atoms with Crippen molar-refractivity contribution in [1.82, 2.24) is 25.2 Å². The minimum absolute atomic E-state index is 0.0662. The Balaban J connectivity index is 1.92. The maximum atomic E-state index is 12.8. The van der Waals surface area contributed by atoms with Gasteiger partial charge in [-0.3, -0.25) is 19.9 Å². The van der Waals surface area contributed by atoms with Crippen molar-refractivity contribution in [3.63, 3.8) is 0 Å². The van der Waals surface area contributed by atoms with Gasteiger partial charge < -0.3 is 10.1 Å². The lowest BCUT2D eigenvalue weighted by molar-refractivity contribution is -0.137. The largest absolute Gasteiger partial charge is 0.433 e. The molecule has 2 heterocycles. The van der Waals surface area contributed by atoms with E-state index >= 15 is 0 Å². The molecule has 33 heavy (non-hydrogen) atoms. The number of carbonyl (C=O) groups is 2. The molecule has 0 saturated heterocycles. The predicted octanol–water partition coefficient (Wildman–Crippen LogP) is 3.38. The number of halogens is 6. The van der Waals surface area contributed by atoms with Gasteiger partial charge in [0.15, 0.2) is 5.75 Å². The van der Waals surface area contributed by atoms with Crippen LogP contribution in [-0.2, 0) is 13.2 Å². The highest BCUT2D eigenvalue weighted by atomic mass is 35.5. The third-order valence-corrected chi connectivity index (χ3v) is 4.36. The van der Waals surface area contributed by atoms with Crippen LogP contribution in [0.3, 0.4) is 0 Å². The Morgan fingerprint density at radius 1 is 1.12 bits per heavy atom. The SMILES string of the molecule is Cn1nnnc1NC(=O)c1ccc(OC(F)F)c(NC(=O)c2ccc(C(F)(F)F)cn2)c1Cl. The van der Waals surface area contributed by atoms with Crippen molar-refractivity contribution in [2.24, 2.45) is 7.05 Å². The number of carbonyl (C=O) groups excluding carboxylic acids is 2. The third-order valence-electron chi connectivity index (χ3n) is 3.97. The van der Waals surface area contributed by atoms with Crippen LogP contribution >= 0.6 is 11.6 Å². The molecule has 10 nitrogen and oxygen atoms in total. The first-order valence-corrected chi connectivity index (χ1v) is 9.00. The van der Waals surface area contributed by atoms with Crippen molar-refractivity contribution in [3.8, 4) is 5.75 Å². The van der Waals surface area contributed by atoms with E-state index in [1.807, 2.05) is 0 Å². The van der Waals surface area contributed by atoms with Crippen LogP contribution in [0.4, 0.5) is 33.6 Å². The molecule has 174 valence electrons. The Hall–Kier alpha value is -3.88. The minimum Gasteiger partial charge on any atom is -0.433 e. The lowest BCUT2D eigenvalue weighted by Gasteiger charge is -2.16. The van der Waals surface area contributed by atoms with Crippen molar-refractivity contribution in [2.75, 3.05) is 10.6 Å². The number of ether oxygens (including phenoxy) is 1. The lowest BCUT2D eigenvalue weighted by atomic mass is 10.1. The monoisotopic (exact) mass is 491 g/mol. The minimum atomic E-state index is -4.68. The second-order valence-corrected chi connectivity index (χ2v) is 6.52. The number of nitrogens with zero attached hydrogens (tertiary/aromatic N) is 5. The van der Waals surface area contributed by atoms with Gasteiger partial charge in [-0.05, 0) is 34.7 Å². The number of hydrogen-bond donors (Lipinski definition) is 2. The summed E-state index contributed by atoms with van der Waals surface area (Å²) in [6, 6.07) is 3.37. The van der Waals surface area contributed by atoms with Gasteiger partial charge in [-0.2, -0.15) is 22.0 Å². The van der Waals surface area contributed by atoms with Gasteiger partial charge in [-0.15, -0.1) is 0 Å². The van der Waals surface area contributed by atoms with Crippen LogP contribution in [0.15, 0.2) is 30.5 Å². The van der Waals surface area contributed by atoms with E-state index in [-0.39, 0.29) is 11.5 Å². The number of tetrazole rings is 1. The molecule has 0 bridgehead atoms. The Kier molecular flexibility index (Phi) is 6.71. The van der Waals surface area contributed by atoms with Crippen LogP contribution in [0.1, 0.15) is 26.4 Å². The number of nitrogens with one attached hydrogen (secondary N) is 2. The molecule has 2 amide bonds. The number of anilines is 2. The Morgan fingerprint density at radius 3 is 2.39 bits per heavy atom. The van der Waals surface area contributed by atoms with Gasteiger partial charge >= 0.3 is 12.8 Å². The van der Waals surface area contributed by atoms with E-state index in [0.717, 1.165) is 22.9 Å². The molecule has 0 aliphatic rings. The number of aromatic nitrogens is 5. The highest BCUT2D eigenvalue weighted by Gasteiger charge is 2.31. The molecule has 0 radical (unpaired) electrons. The van der Waals surface area contributed by atoms with E-state index < -0.39 is 52.3 Å². The summed E-state index contributed by atoms with van der Waals surface area (Å²) >= 11 is 6.16. The molecule has 2 aromatic heterocycles. The summed E-state index contributed by atoms with van der Waals surface area (Å²) in [6.07, 6.45) is -4.25. The fourth-order valence-corrected chi connectivity index (χ4v) is 2.71. The van der Waals surface area contributed by atoms with E-state index in [4.69, 9.17) is 11.6 Å². The summed E-state index contributed by atoms with van der Waals surface area (Å²) in [5.41, 5.74) is -2.40. The summed E-state index contributed by atoms with van der Waals surface area (Å²) in [5.74, 6) is -2.62. The predicted molar refractivity (Wildman–Crippen MR) is 102 cm³/mol. The average molecular weight is 492 g/mol. The van der Waals surface area contributed by atoms with Crippen molar-refractivity contribution in [3.05, 3.63) is 52.3 Å². The average Bonchev–Trinajstić information content (AvgIpc) is 3.14. The molecule has 16 heteroatoms. The molecule has 0 atom stereocenters. The fourth-order valence-electron chi connectivity index (χ4n) is 2.42. The lowest BCUT2D eigenvalue weighted by Crippen LogP contribution is -2.19. The van der Waals surface area contributed by atoms with Crippen LogP contribution in [-0.4, -0.2) is 43.6 Å². The maximum absolute atomic E-state index is 12.8. The van der Waals surface area contributed by atoms with Gasteiger partial charge in [-0.1, -0.05) is 16.7 Å². The highest BCUT2D eigenvalue weighted by Crippen LogP contribution is 2.37. The molecule has 0 spiro atoms.